The summed E-state index contributed by atoms with van der Waals surface area (Å²) in [4.78, 5) is 11.7. The van der Waals surface area contributed by atoms with Gasteiger partial charge in [-0.1, -0.05) is 29.3 Å². The van der Waals surface area contributed by atoms with Crippen LogP contribution in [0.5, 0.6) is 17.8 Å². The lowest BCUT2D eigenvalue weighted by atomic mass is 10.3. The van der Waals surface area contributed by atoms with Crippen molar-refractivity contribution < 1.29 is 9.47 Å². The molecule has 0 saturated carbocycles. The van der Waals surface area contributed by atoms with Crippen LogP contribution >= 0.6 is 34.8 Å². The van der Waals surface area contributed by atoms with E-state index >= 15 is 0 Å². The Morgan fingerprint density at radius 1 is 1.00 bits per heavy atom. The van der Waals surface area contributed by atoms with Gasteiger partial charge in [-0.2, -0.15) is 9.97 Å². The summed E-state index contributed by atoms with van der Waals surface area (Å²) in [7, 11) is 0. The molecule has 20 heavy (non-hydrogen) atoms. The third-order valence-electron chi connectivity index (χ3n) is 2.03. The number of aromatic nitrogens is 3. The average molecular weight is 335 g/mol. The number of benzene rings is 1. The van der Waals surface area contributed by atoms with Gasteiger partial charge >= 0.3 is 12.0 Å². The fourth-order valence-electron chi connectivity index (χ4n) is 1.29. The van der Waals surface area contributed by atoms with E-state index in [0.717, 1.165) is 0 Å². The molecule has 106 valence electrons. The van der Waals surface area contributed by atoms with E-state index in [2.05, 4.69) is 15.0 Å². The summed E-state index contributed by atoms with van der Waals surface area (Å²) in [6, 6.07) is 5.02. The summed E-state index contributed by atoms with van der Waals surface area (Å²) in [5.74, 6) is 0.317. The molecule has 0 radical (unpaired) electrons. The number of hydrogen-bond acceptors (Lipinski definition) is 5. The number of halogens is 3. The van der Waals surface area contributed by atoms with Crippen molar-refractivity contribution in [2.45, 2.75) is 20.0 Å². The Kier molecular flexibility index (Phi) is 4.86. The Labute approximate surface area is 130 Å². The number of rotatable bonds is 4. The first-order valence-electron chi connectivity index (χ1n) is 5.66. The molecule has 0 unspecified atom stereocenters. The zero-order chi connectivity index (χ0) is 14.7. The van der Waals surface area contributed by atoms with Gasteiger partial charge in [0.15, 0.2) is 5.75 Å². The molecule has 0 saturated heterocycles. The van der Waals surface area contributed by atoms with E-state index < -0.39 is 0 Å². The second kappa shape index (κ2) is 6.43. The van der Waals surface area contributed by atoms with Gasteiger partial charge < -0.3 is 9.47 Å². The predicted molar refractivity (Wildman–Crippen MR) is 77.1 cm³/mol. The van der Waals surface area contributed by atoms with Gasteiger partial charge in [0.05, 0.1) is 11.1 Å². The molecule has 2 aromatic rings. The maximum atomic E-state index is 6.01. The van der Waals surface area contributed by atoms with Gasteiger partial charge in [-0.3, -0.25) is 0 Å². The summed E-state index contributed by atoms with van der Waals surface area (Å²) in [5, 5.41) is 0.587. The Bertz CT molecular complexity index is 623. The van der Waals surface area contributed by atoms with E-state index in [1.807, 2.05) is 13.8 Å². The van der Waals surface area contributed by atoms with Crippen LogP contribution < -0.4 is 9.47 Å². The Morgan fingerprint density at radius 2 is 1.70 bits per heavy atom. The van der Waals surface area contributed by atoms with Gasteiger partial charge in [0, 0.05) is 0 Å². The Hall–Kier alpha value is -1.30. The molecule has 5 nitrogen and oxygen atoms in total. The molecule has 0 fully saturated rings. The summed E-state index contributed by atoms with van der Waals surface area (Å²) < 4.78 is 10.8. The molecule has 0 N–H and O–H groups in total. The van der Waals surface area contributed by atoms with Gasteiger partial charge in [-0.25, -0.2) is 0 Å². The van der Waals surface area contributed by atoms with E-state index in [1.165, 1.54) is 0 Å². The molecule has 0 spiro atoms. The number of nitrogens with zero attached hydrogens (tertiary/aromatic N) is 3. The van der Waals surface area contributed by atoms with Gasteiger partial charge in [0.25, 0.3) is 0 Å². The zero-order valence-corrected chi connectivity index (χ0v) is 12.9. The lowest BCUT2D eigenvalue weighted by molar-refractivity contribution is 0.218. The van der Waals surface area contributed by atoms with Crippen LogP contribution in [0, 0.1) is 0 Å². The second-order valence-corrected chi connectivity index (χ2v) is 5.11. The molecule has 0 amide bonds. The van der Waals surface area contributed by atoms with Crippen LogP contribution in [0.4, 0.5) is 0 Å². The highest BCUT2D eigenvalue weighted by Crippen LogP contribution is 2.34. The van der Waals surface area contributed by atoms with Crippen molar-refractivity contribution in [3.05, 3.63) is 33.5 Å². The molecule has 2 rings (SSSR count). The monoisotopic (exact) mass is 333 g/mol. The SMILES string of the molecule is CC(C)Oc1nc(Cl)nc(Oc2cccc(Cl)c2Cl)n1. The topological polar surface area (TPSA) is 57.1 Å². The quantitative estimate of drug-likeness (QED) is 0.829. The molecule has 0 atom stereocenters. The highest BCUT2D eigenvalue weighted by atomic mass is 35.5. The van der Waals surface area contributed by atoms with Crippen molar-refractivity contribution in [2.75, 3.05) is 0 Å². The van der Waals surface area contributed by atoms with Gasteiger partial charge in [0.1, 0.15) is 5.02 Å². The first-order valence-corrected chi connectivity index (χ1v) is 6.79. The van der Waals surface area contributed by atoms with E-state index in [1.54, 1.807) is 18.2 Å². The van der Waals surface area contributed by atoms with Crippen molar-refractivity contribution >= 4 is 34.8 Å². The molecule has 0 aliphatic rings. The van der Waals surface area contributed by atoms with E-state index in [9.17, 15) is 0 Å². The first kappa shape index (κ1) is 15.1. The van der Waals surface area contributed by atoms with E-state index in [-0.39, 0.29) is 28.4 Å². The van der Waals surface area contributed by atoms with Crippen LogP contribution in [-0.2, 0) is 0 Å². The summed E-state index contributed by atoms with van der Waals surface area (Å²) in [6.45, 7) is 3.68. The summed E-state index contributed by atoms with van der Waals surface area (Å²) in [6.07, 6.45) is -0.101. The minimum atomic E-state index is -0.101. The molecule has 1 aromatic heterocycles. The van der Waals surface area contributed by atoms with Crippen molar-refractivity contribution in [1.82, 2.24) is 15.0 Å². The smallest absolute Gasteiger partial charge is 0.329 e. The molecule has 8 heteroatoms. The summed E-state index contributed by atoms with van der Waals surface area (Å²) in [5.41, 5.74) is 0. The molecule has 0 aliphatic carbocycles. The van der Waals surface area contributed by atoms with Crippen LogP contribution in [0.25, 0.3) is 0 Å². The standard InChI is InChI=1S/C12H10Cl3N3O2/c1-6(2)19-11-16-10(15)17-12(18-11)20-8-5-3-4-7(13)9(8)14/h3-6H,1-2H3. The van der Waals surface area contributed by atoms with Crippen LogP contribution in [0.15, 0.2) is 18.2 Å². The van der Waals surface area contributed by atoms with Crippen LogP contribution in [0.1, 0.15) is 13.8 Å². The Balaban J connectivity index is 2.29. The minimum Gasteiger partial charge on any atom is -0.461 e. The van der Waals surface area contributed by atoms with Crippen molar-refractivity contribution in [3.8, 4) is 17.8 Å². The molecule has 1 heterocycles. The zero-order valence-electron chi connectivity index (χ0n) is 10.6. The Morgan fingerprint density at radius 3 is 2.40 bits per heavy atom. The number of hydrogen-bond donors (Lipinski definition) is 0. The molecular formula is C12H10Cl3N3O2. The normalized spacial score (nSPS) is 10.7. The largest absolute Gasteiger partial charge is 0.461 e. The third kappa shape index (κ3) is 3.85. The average Bonchev–Trinajstić information content (AvgIpc) is 2.33. The molecule has 0 bridgehead atoms. The fourth-order valence-corrected chi connectivity index (χ4v) is 1.76. The highest BCUT2D eigenvalue weighted by molar-refractivity contribution is 6.42. The number of ether oxygens (including phenoxy) is 2. The van der Waals surface area contributed by atoms with Crippen molar-refractivity contribution in [3.63, 3.8) is 0 Å². The maximum Gasteiger partial charge on any atom is 0.329 e. The molecule has 0 aliphatic heterocycles. The molecular weight excluding hydrogens is 325 g/mol. The first-order chi connectivity index (χ1) is 9.45. The van der Waals surface area contributed by atoms with E-state index in [4.69, 9.17) is 44.3 Å². The lowest BCUT2D eigenvalue weighted by Crippen LogP contribution is -2.09. The van der Waals surface area contributed by atoms with E-state index in [0.29, 0.717) is 10.8 Å². The third-order valence-corrected chi connectivity index (χ3v) is 3.00. The molecule has 1 aromatic carbocycles. The van der Waals surface area contributed by atoms with Crippen molar-refractivity contribution in [1.29, 1.82) is 0 Å². The predicted octanol–water partition coefficient (Wildman–Crippen LogP) is 4.41. The maximum absolute atomic E-state index is 6.01. The van der Waals surface area contributed by atoms with Crippen LogP contribution in [0.2, 0.25) is 15.3 Å². The minimum absolute atomic E-state index is 0.0233. The van der Waals surface area contributed by atoms with Crippen LogP contribution in [0.3, 0.4) is 0 Å². The fraction of sp³-hybridized carbons (Fsp3) is 0.250. The van der Waals surface area contributed by atoms with Gasteiger partial charge in [-0.05, 0) is 37.6 Å². The summed E-state index contributed by atoms with van der Waals surface area (Å²) >= 11 is 17.7. The lowest BCUT2D eigenvalue weighted by Gasteiger charge is -2.10. The van der Waals surface area contributed by atoms with Gasteiger partial charge in [-0.15, -0.1) is 4.98 Å². The highest BCUT2D eigenvalue weighted by Gasteiger charge is 2.12. The second-order valence-electron chi connectivity index (χ2n) is 3.99. The van der Waals surface area contributed by atoms with Crippen LogP contribution in [-0.4, -0.2) is 21.1 Å². The van der Waals surface area contributed by atoms with Crippen molar-refractivity contribution in [2.24, 2.45) is 0 Å². The van der Waals surface area contributed by atoms with Gasteiger partial charge in [0.2, 0.25) is 5.28 Å².